The van der Waals surface area contributed by atoms with Crippen LogP contribution in [-0.4, -0.2) is 21.9 Å². The Balaban J connectivity index is 1.88. The number of pyridine rings is 1. The van der Waals surface area contributed by atoms with Crippen molar-refractivity contribution in [1.82, 2.24) is 4.57 Å². The molecule has 3 rings (SSSR count). The second-order valence-corrected chi connectivity index (χ2v) is 9.35. The van der Waals surface area contributed by atoms with E-state index < -0.39 is 11.2 Å². The second kappa shape index (κ2) is 8.52. The normalized spacial score (nSPS) is 13.4. The number of nitrogens with zero attached hydrogens (tertiary/aromatic N) is 1. The molecule has 3 nitrogen and oxygen atoms in total. The molecule has 160 valence electrons. The van der Waals surface area contributed by atoms with Gasteiger partial charge in [-0.2, -0.15) is 0 Å². The van der Waals surface area contributed by atoms with E-state index in [0.29, 0.717) is 0 Å². The van der Waals surface area contributed by atoms with E-state index in [4.69, 9.17) is 21.7 Å². The summed E-state index contributed by atoms with van der Waals surface area (Å²) in [4.78, 5) is 0. The molecule has 1 unspecified atom stereocenters. The Bertz CT molecular complexity index is 1080. The number of hydrogen-bond acceptors (Lipinski definition) is 3. The monoisotopic (exact) mass is 423 g/mol. The summed E-state index contributed by atoms with van der Waals surface area (Å²) in [6, 6.07) is 18.7. The van der Waals surface area contributed by atoms with Crippen LogP contribution in [0.4, 0.5) is 0 Å². The van der Waals surface area contributed by atoms with Crippen LogP contribution < -0.4 is 4.74 Å². The summed E-state index contributed by atoms with van der Waals surface area (Å²) < 4.78 is 15.5. The van der Waals surface area contributed by atoms with Crippen molar-refractivity contribution in [2.45, 2.75) is 65.3 Å². The van der Waals surface area contributed by atoms with Gasteiger partial charge < -0.3 is 14.0 Å². The number of benzene rings is 2. The molecule has 0 radical (unpaired) electrons. The number of hydrogen-bond donors (Lipinski definition) is 0. The predicted molar refractivity (Wildman–Crippen MR) is 129 cm³/mol. The van der Waals surface area contributed by atoms with Crippen LogP contribution in [0.5, 0.6) is 5.75 Å². The Hall–Kier alpha value is -2.17. The molecule has 0 aliphatic carbocycles. The Kier molecular flexibility index (Phi) is 6.40. The van der Waals surface area contributed by atoms with Gasteiger partial charge in [0.05, 0.1) is 6.10 Å². The van der Waals surface area contributed by atoms with E-state index in [1.807, 2.05) is 25.2 Å². The van der Waals surface area contributed by atoms with Crippen LogP contribution in [0.25, 0.3) is 22.0 Å². The van der Waals surface area contributed by atoms with Crippen molar-refractivity contribution in [1.29, 1.82) is 0 Å². The van der Waals surface area contributed by atoms with E-state index in [1.54, 1.807) is 0 Å². The van der Waals surface area contributed by atoms with Crippen LogP contribution in [0.15, 0.2) is 54.6 Å². The van der Waals surface area contributed by atoms with Gasteiger partial charge in [-0.05, 0) is 76.3 Å². The molecule has 1 heterocycles. The van der Waals surface area contributed by atoms with Crippen molar-refractivity contribution in [3.8, 4) is 16.9 Å². The molecule has 4 heteroatoms. The number of ether oxygens (including phenoxy) is 2. The van der Waals surface area contributed by atoms with E-state index in [0.717, 1.165) is 33.5 Å². The SMILES string of the molecule is CCC(C)OC(C)(C)C(C)(C)Oc1ccc(-c2cc3ccccc3n(C)c2=S)cc1. The third-order valence-electron chi connectivity index (χ3n) is 6.19. The first-order valence-corrected chi connectivity index (χ1v) is 11.0. The van der Waals surface area contributed by atoms with Crippen molar-refractivity contribution in [2.24, 2.45) is 7.05 Å². The molecular weight excluding hydrogens is 390 g/mol. The lowest BCUT2D eigenvalue weighted by Crippen LogP contribution is -2.52. The highest BCUT2D eigenvalue weighted by Crippen LogP contribution is 2.34. The van der Waals surface area contributed by atoms with Crippen molar-refractivity contribution >= 4 is 23.1 Å². The molecule has 0 aliphatic rings. The minimum Gasteiger partial charge on any atom is -0.485 e. The van der Waals surface area contributed by atoms with E-state index >= 15 is 0 Å². The quantitative estimate of drug-likeness (QED) is 0.372. The van der Waals surface area contributed by atoms with Crippen LogP contribution in [0.3, 0.4) is 0 Å². The average Bonchev–Trinajstić information content (AvgIpc) is 2.70. The maximum atomic E-state index is 6.37. The van der Waals surface area contributed by atoms with Gasteiger partial charge in [0.1, 0.15) is 21.6 Å². The maximum Gasteiger partial charge on any atom is 0.132 e. The Morgan fingerprint density at radius 2 is 1.60 bits per heavy atom. The number of fused-ring (bicyclic) bond motifs is 1. The molecule has 1 atom stereocenters. The Morgan fingerprint density at radius 3 is 2.23 bits per heavy atom. The van der Waals surface area contributed by atoms with E-state index in [1.165, 1.54) is 5.39 Å². The first-order valence-electron chi connectivity index (χ1n) is 10.6. The van der Waals surface area contributed by atoms with Crippen molar-refractivity contribution in [3.05, 3.63) is 59.2 Å². The van der Waals surface area contributed by atoms with Crippen LogP contribution in [-0.2, 0) is 11.8 Å². The molecule has 0 saturated heterocycles. The number of aromatic nitrogens is 1. The number of rotatable bonds is 7. The minimum absolute atomic E-state index is 0.185. The molecule has 0 aliphatic heterocycles. The Labute approximate surface area is 185 Å². The first-order chi connectivity index (χ1) is 14.1. The maximum absolute atomic E-state index is 6.37. The van der Waals surface area contributed by atoms with Gasteiger partial charge >= 0.3 is 0 Å². The fourth-order valence-electron chi connectivity index (χ4n) is 3.48. The van der Waals surface area contributed by atoms with Gasteiger partial charge in [-0.3, -0.25) is 0 Å². The molecule has 1 aromatic heterocycles. The lowest BCUT2D eigenvalue weighted by Gasteiger charge is -2.42. The summed E-state index contributed by atoms with van der Waals surface area (Å²) in [5, 5.41) is 1.18. The fourth-order valence-corrected chi connectivity index (χ4v) is 3.75. The molecule has 30 heavy (non-hydrogen) atoms. The summed E-state index contributed by atoms with van der Waals surface area (Å²) in [5.74, 6) is 0.820. The number of aryl methyl sites for hydroxylation is 1. The molecule has 0 bridgehead atoms. The van der Waals surface area contributed by atoms with Crippen LogP contribution in [0, 0.1) is 4.64 Å². The highest BCUT2D eigenvalue weighted by molar-refractivity contribution is 7.71. The van der Waals surface area contributed by atoms with Gasteiger partial charge in [-0.25, -0.2) is 0 Å². The lowest BCUT2D eigenvalue weighted by molar-refractivity contribution is -0.159. The standard InChI is InChI=1S/C26H33NO2S/c1-8-18(2)28-25(3,4)26(5,6)29-21-15-13-19(14-16-21)22-17-20-11-9-10-12-23(20)27(7)24(22)30/h9-18H,8H2,1-7H3. The largest absolute Gasteiger partial charge is 0.485 e. The fraction of sp³-hybridized carbons (Fsp3) is 0.423. The van der Waals surface area contributed by atoms with E-state index in [9.17, 15) is 0 Å². The predicted octanol–water partition coefficient (Wildman–Crippen LogP) is 7.33. The topological polar surface area (TPSA) is 23.4 Å². The van der Waals surface area contributed by atoms with Gasteiger partial charge in [-0.15, -0.1) is 0 Å². The zero-order valence-corrected chi connectivity index (χ0v) is 20.0. The number of para-hydroxylation sites is 1. The van der Waals surface area contributed by atoms with Crippen molar-refractivity contribution in [3.63, 3.8) is 0 Å². The summed E-state index contributed by atoms with van der Waals surface area (Å²) in [6.45, 7) is 12.6. The van der Waals surface area contributed by atoms with Gasteiger partial charge in [0.25, 0.3) is 0 Å². The van der Waals surface area contributed by atoms with E-state index in [2.05, 4.69) is 82.5 Å². The van der Waals surface area contributed by atoms with Crippen LogP contribution >= 0.6 is 12.2 Å². The summed E-state index contributed by atoms with van der Waals surface area (Å²) in [5.41, 5.74) is 2.35. The average molecular weight is 424 g/mol. The van der Waals surface area contributed by atoms with Gasteiger partial charge in [0.15, 0.2) is 0 Å². The minimum atomic E-state index is -0.490. The van der Waals surface area contributed by atoms with E-state index in [-0.39, 0.29) is 6.10 Å². The molecule has 0 spiro atoms. The van der Waals surface area contributed by atoms with Crippen molar-refractivity contribution < 1.29 is 9.47 Å². The molecule has 0 saturated carbocycles. The molecular formula is C26H33NO2S. The second-order valence-electron chi connectivity index (χ2n) is 8.96. The molecule has 0 N–H and O–H groups in total. The highest BCUT2D eigenvalue weighted by Gasteiger charge is 2.41. The third-order valence-corrected chi connectivity index (χ3v) is 6.69. The summed E-state index contributed by atoms with van der Waals surface area (Å²) in [7, 11) is 2.02. The highest BCUT2D eigenvalue weighted by atomic mass is 32.1. The zero-order valence-electron chi connectivity index (χ0n) is 19.2. The first kappa shape index (κ1) is 22.5. The molecule has 3 aromatic rings. The molecule has 2 aromatic carbocycles. The molecule has 0 amide bonds. The third kappa shape index (κ3) is 4.45. The molecule has 0 fully saturated rings. The van der Waals surface area contributed by atoms with Crippen LogP contribution in [0.2, 0.25) is 0 Å². The summed E-state index contributed by atoms with van der Waals surface area (Å²) in [6.07, 6.45) is 1.16. The van der Waals surface area contributed by atoms with Gasteiger partial charge in [0.2, 0.25) is 0 Å². The Morgan fingerprint density at radius 1 is 0.967 bits per heavy atom. The lowest BCUT2D eigenvalue weighted by atomic mass is 9.88. The summed E-state index contributed by atoms with van der Waals surface area (Å²) >= 11 is 5.74. The smallest absolute Gasteiger partial charge is 0.132 e. The zero-order chi connectivity index (χ0) is 22.1. The van der Waals surface area contributed by atoms with Crippen LogP contribution in [0.1, 0.15) is 48.0 Å². The van der Waals surface area contributed by atoms with Crippen molar-refractivity contribution in [2.75, 3.05) is 0 Å². The van der Waals surface area contributed by atoms with Gasteiger partial charge in [-0.1, -0.05) is 49.5 Å². The van der Waals surface area contributed by atoms with Gasteiger partial charge in [0, 0.05) is 18.1 Å².